The summed E-state index contributed by atoms with van der Waals surface area (Å²) in [6.07, 6.45) is 9.17. The fourth-order valence-corrected chi connectivity index (χ4v) is 3.18. The lowest BCUT2D eigenvalue weighted by Crippen LogP contribution is -2.38. The largest absolute Gasteiger partial charge is 0.312 e. The van der Waals surface area contributed by atoms with E-state index in [1.165, 1.54) is 37.9 Å². The molecule has 0 bridgehead atoms. The zero-order valence-corrected chi connectivity index (χ0v) is 12.0. The Kier molecular flexibility index (Phi) is 8.81. The summed E-state index contributed by atoms with van der Waals surface area (Å²) >= 11 is 1.97. The molecule has 0 amide bonds. The van der Waals surface area contributed by atoms with Gasteiger partial charge >= 0.3 is 0 Å². The van der Waals surface area contributed by atoms with Gasteiger partial charge < -0.3 is 5.32 Å². The Morgan fingerprint density at radius 1 is 1.24 bits per heavy atom. The number of thioether (sulfide) groups is 1. The van der Waals surface area contributed by atoms with E-state index in [0.717, 1.165) is 31.6 Å². The van der Waals surface area contributed by atoms with Crippen molar-refractivity contribution in [3.63, 3.8) is 0 Å². The van der Waals surface area contributed by atoms with Crippen LogP contribution >= 0.6 is 11.8 Å². The molecule has 3 heteroatoms. The van der Waals surface area contributed by atoms with E-state index in [2.05, 4.69) is 12.2 Å². The van der Waals surface area contributed by atoms with Crippen LogP contribution in [0.1, 0.15) is 58.3 Å². The van der Waals surface area contributed by atoms with Crippen LogP contribution in [0, 0.1) is 0 Å². The predicted molar refractivity (Wildman–Crippen MR) is 76.7 cm³/mol. The van der Waals surface area contributed by atoms with Gasteiger partial charge in [-0.05, 0) is 6.42 Å². The van der Waals surface area contributed by atoms with Crippen molar-refractivity contribution >= 4 is 17.5 Å². The lowest BCUT2D eigenvalue weighted by Gasteiger charge is -2.22. The highest BCUT2D eigenvalue weighted by Crippen LogP contribution is 2.13. The maximum atomic E-state index is 11.8. The van der Waals surface area contributed by atoms with Crippen LogP contribution in [0.2, 0.25) is 0 Å². The second-order valence-electron chi connectivity index (χ2n) is 4.99. The highest BCUT2D eigenvalue weighted by atomic mass is 32.2. The minimum Gasteiger partial charge on any atom is -0.312 e. The summed E-state index contributed by atoms with van der Waals surface area (Å²) in [5.74, 6) is 2.77. The zero-order chi connectivity index (χ0) is 12.3. The molecule has 1 unspecified atom stereocenters. The third kappa shape index (κ3) is 7.82. The summed E-state index contributed by atoms with van der Waals surface area (Å²) in [7, 11) is 0. The number of hydrogen-bond donors (Lipinski definition) is 1. The first-order valence-corrected chi connectivity index (χ1v) is 8.31. The normalized spacial score (nSPS) is 20.4. The molecule has 1 N–H and O–H groups in total. The van der Waals surface area contributed by atoms with Gasteiger partial charge in [0.25, 0.3) is 0 Å². The molecule has 1 fully saturated rings. The minimum atomic E-state index is 0.446. The van der Waals surface area contributed by atoms with Crippen LogP contribution in [-0.2, 0) is 4.79 Å². The van der Waals surface area contributed by atoms with Crippen LogP contribution in [-0.4, -0.2) is 29.9 Å². The van der Waals surface area contributed by atoms with E-state index in [9.17, 15) is 4.79 Å². The Morgan fingerprint density at radius 3 is 2.71 bits per heavy atom. The Balaban J connectivity index is 1.93. The van der Waals surface area contributed by atoms with Crippen LogP contribution < -0.4 is 5.32 Å². The highest BCUT2D eigenvalue weighted by molar-refractivity contribution is 7.99. The quantitative estimate of drug-likeness (QED) is 0.642. The van der Waals surface area contributed by atoms with Gasteiger partial charge in [0.1, 0.15) is 5.78 Å². The molecule has 100 valence electrons. The number of rotatable bonds is 9. The molecule has 0 saturated carbocycles. The average molecular weight is 257 g/mol. The van der Waals surface area contributed by atoms with E-state index in [-0.39, 0.29) is 0 Å². The van der Waals surface area contributed by atoms with Crippen LogP contribution in [0.3, 0.4) is 0 Å². The third-order valence-corrected chi connectivity index (χ3v) is 4.41. The van der Waals surface area contributed by atoms with Crippen LogP contribution in [0.15, 0.2) is 0 Å². The lowest BCUT2D eigenvalue weighted by molar-refractivity contribution is -0.119. The molecular formula is C14H27NOS. The number of unbranched alkanes of at least 4 members (excludes halogenated alkanes) is 5. The standard InChI is InChI=1S/C14H27NOS/c1-2-3-4-5-6-7-8-14(16)11-13-12-17-10-9-15-13/h13,15H,2-12H2,1H3. The molecule has 0 aromatic rings. The van der Waals surface area contributed by atoms with E-state index in [4.69, 9.17) is 0 Å². The van der Waals surface area contributed by atoms with Gasteiger partial charge in [0.05, 0.1) is 0 Å². The van der Waals surface area contributed by atoms with Gasteiger partial charge in [0.15, 0.2) is 0 Å². The van der Waals surface area contributed by atoms with Gasteiger partial charge in [0.2, 0.25) is 0 Å². The van der Waals surface area contributed by atoms with Crippen molar-refractivity contribution in [2.45, 2.75) is 64.3 Å². The van der Waals surface area contributed by atoms with Crippen molar-refractivity contribution < 1.29 is 4.79 Å². The Hall–Kier alpha value is -0.0200. The average Bonchev–Trinajstić information content (AvgIpc) is 2.35. The number of Topliss-reactive ketones (excluding diaryl/α,β-unsaturated/α-hetero) is 1. The van der Waals surface area contributed by atoms with Crippen molar-refractivity contribution in [3.8, 4) is 0 Å². The fourth-order valence-electron chi connectivity index (χ4n) is 2.23. The first-order chi connectivity index (χ1) is 8.33. The van der Waals surface area contributed by atoms with E-state index < -0.39 is 0 Å². The van der Waals surface area contributed by atoms with Gasteiger partial charge in [0, 0.05) is 36.9 Å². The van der Waals surface area contributed by atoms with Crippen molar-refractivity contribution in [1.29, 1.82) is 0 Å². The maximum absolute atomic E-state index is 11.8. The van der Waals surface area contributed by atoms with Crippen molar-refractivity contribution in [3.05, 3.63) is 0 Å². The molecule has 0 aromatic carbocycles. The molecule has 1 atom stereocenters. The fraction of sp³-hybridized carbons (Fsp3) is 0.929. The molecule has 1 rings (SSSR count). The SMILES string of the molecule is CCCCCCCCC(=O)CC1CSCCN1. The van der Waals surface area contributed by atoms with E-state index in [0.29, 0.717) is 11.8 Å². The molecule has 0 spiro atoms. The van der Waals surface area contributed by atoms with Crippen LogP contribution in [0.4, 0.5) is 0 Å². The van der Waals surface area contributed by atoms with Gasteiger partial charge in [-0.15, -0.1) is 0 Å². The van der Waals surface area contributed by atoms with Gasteiger partial charge in [-0.25, -0.2) is 0 Å². The second-order valence-corrected chi connectivity index (χ2v) is 6.14. The molecule has 0 radical (unpaired) electrons. The summed E-state index contributed by atoms with van der Waals surface area (Å²) in [5.41, 5.74) is 0. The summed E-state index contributed by atoms with van der Waals surface area (Å²) in [4.78, 5) is 11.8. The predicted octanol–water partition coefficient (Wildman–Crippen LogP) is 3.40. The topological polar surface area (TPSA) is 29.1 Å². The highest BCUT2D eigenvalue weighted by Gasteiger charge is 2.15. The Labute approximate surface area is 110 Å². The maximum Gasteiger partial charge on any atom is 0.134 e. The molecule has 2 nitrogen and oxygen atoms in total. The molecule has 1 saturated heterocycles. The summed E-state index contributed by atoms with van der Waals surface area (Å²) in [6.45, 7) is 3.30. The molecule has 1 aliphatic heterocycles. The zero-order valence-electron chi connectivity index (χ0n) is 11.2. The van der Waals surface area contributed by atoms with Crippen LogP contribution in [0.5, 0.6) is 0 Å². The number of carbonyl (C=O) groups excluding carboxylic acids is 1. The lowest BCUT2D eigenvalue weighted by atomic mass is 10.0. The number of ketones is 1. The molecule has 0 aliphatic carbocycles. The van der Waals surface area contributed by atoms with Gasteiger partial charge in [-0.2, -0.15) is 11.8 Å². The number of nitrogens with one attached hydrogen (secondary N) is 1. The van der Waals surface area contributed by atoms with Gasteiger partial charge in [-0.1, -0.05) is 39.0 Å². The van der Waals surface area contributed by atoms with E-state index in [1.54, 1.807) is 0 Å². The van der Waals surface area contributed by atoms with Crippen LogP contribution in [0.25, 0.3) is 0 Å². The minimum absolute atomic E-state index is 0.446. The van der Waals surface area contributed by atoms with E-state index in [1.807, 2.05) is 11.8 Å². The Morgan fingerprint density at radius 2 is 2.00 bits per heavy atom. The number of carbonyl (C=O) groups is 1. The summed E-state index contributed by atoms with van der Waals surface area (Å²) < 4.78 is 0. The molecule has 17 heavy (non-hydrogen) atoms. The molecule has 0 aromatic heterocycles. The van der Waals surface area contributed by atoms with Crippen molar-refractivity contribution in [2.24, 2.45) is 0 Å². The number of hydrogen-bond acceptors (Lipinski definition) is 3. The Bertz CT molecular complexity index is 202. The molecule has 1 heterocycles. The second kappa shape index (κ2) is 9.95. The molecule has 1 aliphatic rings. The van der Waals surface area contributed by atoms with Gasteiger partial charge in [-0.3, -0.25) is 4.79 Å². The monoisotopic (exact) mass is 257 g/mol. The summed E-state index contributed by atoms with van der Waals surface area (Å²) in [5, 5.41) is 3.43. The smallest absolute Gasteiger partial charge is 0.134 e. The van der Waals surface area contributed by atoms with Crippen molar-refractivity contribution in [1.82, 2.24) is 5.32 Å². The summed E-state index contributed by atoms with van der Waals surface area (Å²) in [6, 6.07) is 0.446. The van der Waals surface area contributed by atoms with E-state index >= 15 is 0 Å². The van der Waals surface area contributed by atoms with Crippen molar-refractivity contribution in [2.75, 3.05) is 18.1 Å². The first kappa shape index (κ1) is 15.0. The first-order valence-electron chi connectivity index (χ1n) is 7.15. The molecular weight excluding hydrogens is 230 g/mol. The third-order valence-electron chi connectivity index (χ3n) is 3.28.